The number of phenols is 4. The van der Waals surface area contributed by atoms with Crippen LogP contribution in [-0.2, 0) is 4.74 Å². The lowest BCUT2D eigenvalue weighted by Crippen LogP contribution is -2.60. The highest BCUT2D eigenvalue weighted by molar-refractivity contribution is 6.16. The van der Waals surface area contributed by atoms with Crippen molar-refractivity contribution in [2.45, 2.75) is 30.7 Å². The van der Waals surface area contributed by atoms with Crippen molar-refractivity contribution in [2.24, 2.45) is 0 Å². The van der Waals surface area contributed by atoms with E-state index in [1.54, 1.807) is 0 Å². The molecule has 0 saturated carbocycles. The van der Waals surface area contributed by atoms with E-state index in [1.807, 2.05) is 0 Å². The zero-order valence-corrected chi connectivity index (χ0v) is 16.7. The van der Waals surface area contributed by atoms with Crippen molar-refractivity contribution in [2.75, 3.05) is 6.61 Å². The molecule has 0 aromatic heterocycles. The Balaban J connectivity index is 1.66. The van der Waals surface area contributed by atoms with Crippen LogP contribution in [0.2, 0.25) is 0 Å². The smallest absolute Gasteiger partial charge is 0.235 e. The van der Waals surface area contributed by atoms with E-state index in [-0.39, 0.29) is 34.1 Å². The van der Waals surface area contributed by atoms with Crippen LogP contribution in [0, 0.1) is 0 Å². The fourth-order valence-electron chi connectivity index (χ4n) is 3.51. The zero-order chi connectivity index (χ0) is 24.0. The molecule has 33 heavy (non-hydrogen) atoms. The number of fused-ring (bicyclic) bond motifs is 1. The monoisotopic (exact) mass is 464 g/mol. The molecule has 12 heteroatoms. The number of hydrogen-bond donors (Lipinski definition) is 8. The summed E-state index contributed by atoms with van der Waals surface area (Å²) in [4.78, 5) is 13.0. The molecule has 1 fully saturated rings. The second-order valence-electron chi connectivity index (χ2n) is 7.48. The predicted molar refractivity (Wildman–Crippen MR) is 107 cm³/mol. The quantitative estimate of drug-likeness (QED) is 0.209. The van der Waals surface area contributed by atoms with E-state index in [9.17, 15) is 45.6 Å². The van der Waals surface area contributed by atoms with E-state index in [0.717, 1.165) is 30.3 Å². The number of phenolic OH excluding ortho intramolecular Hbond substituents is 4. The molecule has 2 aliphatic heterocycles. The lowest BCUT2D eigenvalue weighted by molar-refractivity contribution is -0.277. The van der Waals surface area contributed by atoms with Crippen LogP contribution in [0.25, 0.3) is 6.08 Å². The molecule has 0 amide bonds. The van der Waals surface area contributed by atoms with Crippen LogP contribution in [-0.4, -0.2) is 83.9 Å². The molecule has 2 aliphatic rings. The standard InChI is InChI=1S/C21H20O12/c22-6-14-18(28)19(29)20(30)21(33-14)32-12-5-8(23)4-11-15(12)17(27)13(31-11)3-7-1-9(24)16(26)10(25)2-7/h1-5,14,18-26,28-30H,6H2/b13-3+/t14?,18-,19+,20?,21-/m1/s1. The van der Waals surface area contributed by atoms with Gasteiger partial charge in [-0.05, 0) is 23.8 Å². The van der Waals surface area contributed by atoms with Crippen LogP contribution in [0.3, 0.4) is 0 Å². The molecule has 1 saturated heterocycles. The summed E-state index contributed by atoms with van der Waals surface area (Å²) in [6.45, 7) is -0.690. The number of Topliss-reactive ketones (excluding diaryl/α,β-unsaturated/α-hetero) is 1. The number of carbonyl (C=O) groups is 1. The third-order valence-corrected chi connectivity index (χ3v) is 5.20. The van der Waals surface area contributed by atoms with E-state index >= 15 is 0 Å². The van der Waals surface area contributed by atoms with Crippen molar-refractivity contribution < 1.29 is 59.9 Å². The maximum atomic E-state index is 13.0. The highest BCUT2D eigenvalue weighted by atomic mass is 16.7. The molecule has 176 valence electrons. The van der Waals surface area contributed by atoms with Gasteiger partial charge in [0.2, 0.25) is 12.1 Å². The number of hydrogen-bond acceptors (Lipinski definition) is 12. The topological polar surface area (TPSA) is 207 Å². The van der Waals surface area contributed by atoms with E-state index < -0.39 is 60.3 Å². The second-order valence-corrected chi connectivity index (χ2v) is 7.48. The summed E-state index contributed by atoms with van der Waals surface area (Å²) in [5.74, 6) is -3.77. The minimum absolute atomic E-state index is 0.111. The summed E-state index contributed by atoms with van der Waals surface area (Å²) < 4.78 is 16.2. The molecule has 2 heterocycles. The number of aliphatic hydroxyl groups is 4. The molecule has 2 aromatic rings. The molecule has 0 radical (unpaired) electrons. The molecule has 5 atom stereocenters. The van der Waals surface area contributed by atoms with Gasteiger partial charge in [-0.25, -0.2) is 0 Å². The van der Waals surface area contributed by atoms with Crippen molar-refractivity contribution in [1.82, 2.24) is 0 Å². The summed E-state index contributed by atoms with van der Waals surface area (Å²) >= 11 is 0. The highest BCUT2D eigenvalue weighted by Gasteiger charge is 2.45. The average molecular weight is 464 g/mol. The van der Waals surface area contributed by atoms with E-state index in [1.165, 1.54) is 0 Å². The van der Waals surface area contributed by atoms with Crippen LogP contribution in [0.15, 0.2) is 30.0 Å². The average Bonchev–Trinajstić information content (AvgIpc) is 3.07. The first kappa shape index (κ1) is 22.6. The van der Waals surface area contributed by atoms with Gasteiger partial charge in [0.1, 0.15) is 47.2 Å². The summed E-state index contributed by atoms with van der Waals surface area (Å²) in [6, 6.07) is 4.32. The fraction of sp³-hybridized carbons (Fsp3) is 0.286. The Morgan fingerprint density at radius 2 is 1.61 bits per heavy atom. The van der Waals surface area contributed by atoms with Gasteiger partial charge in [-0.15, -0.1) is 0 Å². The number of aliphatic hydroxyl groups excluding tert-OH is 4. The molecule has 2 unspecified atom stereocenters. The number of carbonyl (C=O) groups excluding carboxylic acids is 1. The van der Waals surface area contributed by atoms with Crippen molar-refractivity contribution in [3.63, 3.8) is 0 Å². The number of benzene rings is 2. The van der Waals surface area contributed by atoms with Crippen molar-refractivity contribution >= 4 is 11.9 Å². The van der Waals surface area contributed by atoms with Gasteiger partial charge in [0, 0.05) is 12.1 Å². The van der Waals surface area contributed by atoms with E-state index in [2.05, 4.69) is 0 Å². The number of aromatic hydroxyl groups is 4. The van der Waals surface area contributed by atoms with Gasteiger partial charge in [0.25, 0.3) is 0 Å². The van der Waals surface area contributed by atoms with E-state index in [4.69, 9.17) is 14.2 Å². The first-order valence-corrected chi connectivity index (χ1v) is 9.64. The van der Waals surface area contributed by atoms with Gasteiger partial charge in [-0.1, -0.05) is 0 Å². The van der Waals surface area contributed by atoms with Crippen LogP contribution in [0.1, 0.15) is 15.9 Å². The van der Waals surface area contributed by atoms with Gasteiger partial charge in [-0.3, -0.25) is 4.79 Å². The number of rotatable bonds is 4. The van der Waals surface area contributed by atoms with E-state index in [0.29, 0.717) is 0 Å². The van der Waals surface area contributed by atoms with Gasteiger partial charge >= 0.3 is 0 Å². The molecular weight excluding hydrogens is 444 g/mol. The zero-order valence-electron chi connectivity index (χ0n) is 16.7. The molecule has 0 spiro atoms. The summed E-state index contributed by atoms with van der Waals surface area (Å²) in [5.41, 5.74) is -0.0530. The summed E-state index contributed by atoms with van der Waals surface area (Å²) in [7, 11) is 0. The fourth-order valence-corrected chi connectivity index (χ4v) is 3.51. The second kappa shape index (κ2) is 8.42. The first-order chi connectivity index (χ1) is 15.6. The maximum Gasteiger partial charge on any atom is 0.235 e. The Kier molecular flexibility index (Phi) is 5.78. The van der Waals surface area contributed by atoms with Gasteiger partial charge in [0.15, 0.2) is 23.0 Å². The molecule has 8 N–H and O–H groups in total. The third kappa shape index (κ3) is 4.01. The molecule has 2 aromatic carbocycles. The normalized spacial score (nSPS) is 27.9. The Hall–Kier alpha value is -3.55. The van der Waals surface area contributed by atoms with Crippen molar-refractivity contribution in [3.05, 3.63) is 41.2 Å². The molecule has 12 nitrogen and oxygen atoms in total. The van der Waals surface area contributed by atoms with Crippen molar-refractivity contribution in [1.29, 1.82) is 0 Å². The van der Waals surface area contributed by atoms with Crippen molar-refractivity contribution in [3.8, 4) is 34.5 Å². The Bertz CT molecular complexity index is 1100. The van der Waals surface area contributed by atoms with Gasteiger partial charge in [0.05, 0.1) is 6.61 Å². The first-order valence-electron chi connectivity index (χ1n) is 9.64. The summed E-state index contributed by atoms with van der Waals surface area (Å²) in [6.07, 6.45) is -6.79. The van der Waals surface area contributed by atoms with Crippen LogP contribution >= 0.6 is 0 Å². The third-order valence-electron chi connectivity index (χ3n) is 5.20. The highest BCUT2D eigenvalue weighted by Crippen LogP contribution is 2.43. The van der Waals surface area contributed by atoms with Gasteiger partial charge < -0.3 is 55.1 Å². The lowest BCUT2D eigenvalue weighted by atomic mass is 9.99. The summed E-state index contributed by atoms with van der Waals surface area (Å²) in [5, 5.41) is 78.1. The Labute approximate surface area is 185 Å². The molecule has 0 aliphatic carbocycles. The largest absolute Gasteiger partial charge is 0.508 e. The predicted octanol–water partition coefficient (Wildman–Crippen LogP) is -0.696. The van der Waals surface area contributed by atoms with Crippen LogP contribution in [0.5, 0.6) is 34.5 Å². The number of ether oxygens (including phenoxy) is 3. The molecule has 0 bridgehead atoms. The van der Waals surface area contributed by atoms with Crippen LogP contribution < -0.4 is 9.47 Å². The lowest BCUT2D eigenvalue weighted by Gasteiger charge is -2.39. The van der Waals surface area contributed by atoms with Crippen LogP contribution in [0.4, 0.5) is 0 Å². The number of allylic oxidation sites excluding steroid dienone is 1. The molecule has 4 rings (SSSR count). The SMILES string of the molecule is O=C1/C(=C\c2cc(O)c(O)c(O)c2)Oc2cc(O)cc(O[C@@H]3OC(CO)[C@@H](O)[C@H](O)C3O)c21. The Morgan fingerprint density at radius 1 is 0.939 bits per heavy atom. The number of ketones is 1. The minimum atomic E-state index is -1.75. The Morgan fingerprint density at radius 3 is 2.24 bits per heavy atom. The molecular formula is C21H20O12. The van der Waals surface area contributed by atoms with Gasteiger partial charge in [-0.2, -0.15) is 0 Å². The minimum Gasteiger partial charge on any atom is -0.508 e. The maximum absolute atomic E-state index is 13.0.